The lowest BCUT2D eigenvalue weighted by molar-refractivity contribution is 0.101. The second kappa shape index (κ2) is 6.58. The number of nitrogens with one attached hydrogen (secondary N) is 1. The van der Waals surface area contributed by atoms with E-state index in [9.17, 15) is 4.79 Å². The highest BCUT2D eigenvalue weighted by molar-refractivity contribution is 6.03. The molecular weight excluding hydrogens is 304 g/mol. The molecule has 5 heteroatoms. The Morgan fingerprint density at radius 3 is 2.50 bits per heavy atom. The fourth-order valence-electron chi connectivity index (χ4n) is 2.41. The number of amides is 1. The first-order chi connectivity index (χ1) is 11.6. The molecule has 2 aromatic carbocycles. The van der Waals surface area contributed by atoms with Gasteiger partial charge in [-0.15, -0.1) is 0 Å². The Kier molecular flexibility index (Phi) is 4.33. The number of hydrogen-bond donors (Lipinski definition) is 1. The van der Waals surface area contributed by atoms with Crippen LogP contribution in [0.4, 0.5) is 5.69 Å². The summed E-state index contributed by atoms with van der Waals surface area (Å²) in [5, 5.41) is 6.72. The predicted molar refractivity (Wildman–Crippen MR) is 92.4 cm³/mol. The molecule has 0 fully saturated rings. The van der Waals surface area contributed by atoms with Crippen LogP contribution in [-0.4, -0.2) is 18.2 Å². The fourth-order valence-corrected chi connectivity index (χ4v) is 2.41. The van der Waals surface area contributed by atoms with Gasteiger partial charge in [0.05, 0.1) is 7.11 Å². The molecule has 0 bridgehead atoms. The number of carbonyl (C=O) groups excluding carboxylic acids is 1. The zero-order valence-electron chi connectivity index (χ0n) is 13.8. The van der Waals surface area contributed by atoms with Crippen molar-refractivity contribution in [1.82, 2.24) is 5.16 Å². The number of hydrogen-bond acceptors (Lipinski definition) is 4. The van der Waals surface area contributed by atoms with Crippen LogP contribution >= 0.6 is 0 Å². The fraction of sp³-hybridized carbons (Fsp3) is 0.158. The predicted octanol–water partition coefficient (Wildman–Crippen LogP) is 4.22. The van der Waals surface area contributed by atoms with Crippen LogP contribution in [-0.2, 0) is 0 Å². The second-order valence-corrected chi connectivity index (χ2v) is 5.58. The van der Waals surface area contributed by atoms with Gasteiger partial charge >= 0.3 is 0 Å². The van der Waals surface area contributed by atoms with Gasteiger partial charge in [-0.2, -0.15) is 0 Å². The van der Waals surface area contributed by atoms with Crippen LogP contribution in [0.15, 0.2) is 53.1 Å². The molecule has 1 aromatic heterocycles. The highest BCUT2D eigenvalue weighted by atomic mass is 16.5. The van der Waals surface area contributed by atoms with Gasteiger partial charge in [0.25, 0.3) is 5.91 Å². The molecule has 122 valence electrons. The van der Waals surface area contributed by atoms with Crippen molar-refractivity contribution in [3.8, 4) is 17.1 Å². The summed E-state index contributed by atoms with van der Waals surface area (Å²) in [4.78, 5) is 12.3. The average Bonchev–Trinajstić information content (AvgIpc) is 3.07. The van der Waals surface area contributed by atoms with Crippen molar-refractivity contribution in [2.45, 2.75) is 13.8 Å². The van der Waals surface area contributed by atoms with Gasteiger partial charge in [-0.3, -0.25) is 4.79 Å². The first-order valence-electron chi connectivity index (χ1n) is 7.56. The number of carbonyl (C=O) groups is 1. The third-order valence-electron chi connectivity index (χ3n) is 3.75. The third kappa shape index (κ3) is 3.30. The van der Waals surface area contributed by atoms with Gasteiger partial charge in [0.2, 0.25) is 0 Å². The summed E-state index contributed by atoms with van der Waals surface area (Å²) in [6.45, 7) is 3.96. The van der Waals surface area contributed by atoms with Crippen molar-refractivity contribution < 1.29 is 14.1 Å². The molecule has 0 aliphatic rings. The zero-order chi connectivity index (χ0) is 17.1. The molecular formula is C19H18N2O3. The van der Waals surface area contributed by atoms with E-state index >= 15 is 0 Å². The first kappa shape index (κ1) is 15.8. The van der Waals surface area contributed by atoms with Gasteiger partial charge in [0, 0.05) is 17.3 Å². The number of nitrogens with zero attached hydrogens (tertiary/aromatic N) is 1. The molecule has 5 nitrogen and oxygen atoms in total. The van der Waals surface area contributed by atoms with Gasteiger partial charge < -0.3 is 14.6 Å². The van der Waals surface area contributed by atoms with Crippen LogP contribution in [0.25, 0.3) is 11.3 Å². The maximum Gasteiger partial charge on any atom is 0.277 e. The summed E-state index contributed by atoms with van der Waals surface area (Å²) in [5.41, 5.74) is 3.98. The maximum absolute atomic E-state index is 12.3. The lowest BCUT2D eigenvalue weighted by Gasteiger charge is -2.07. The van der Waals surface area contributed by atoms with Gasteiger partial charge in [0.15, 0.2) is 11.5 Å². The van der Waals surface area contributed by atoms with E-state index in [1.165, 1.54) is 0 Å². The van der Waals surface area contributed by atoms with Crippen LogP contribution in [0.2, 0.25) is 0 Å². The number of benzene rings is 2. The van der Waals surface area contributed by atoms with Crippen molar-refractivity contribution in [1.29, 1.82) is 0 Å². The molecule has 3 rings (SSSR count). The van der Waals surface area contributed by atoms with E-state index in [0.29, 0.717) is 5.76 Å². The lowest BCUT2D eigenvalue weighted by Crippen LogP contribution is -2.13. The minimum absolute atomic E-state index is 0.237. The van der Waals surface area contributed by atoms with Crippen LogP contribution < -0.4 is 10.1 Å². The summed E-state index contributed by atoms with van der Waals surface area (Å²) in [7, 11) is 1.61. The van der Waals surface area contributed by atoms with Crippen molar-refractivity contribution in [2.75, 3.05) is 12.4 Å². The average molecular weight is 322 g/mol. The Labute approximate surface area is 140 Å². The molecule has 0 saturated heterocycles. The van der Waals surface area contributed by atoms with E-state index < -0.39 is 0 Å². The van der Waals surface area contributed by atoms with E-state index in [1.807, 2.05) is 56.3 Å². The molecule has 0 unspecified atom stereocenters. The van der Waals surface area contributed by atoms with Crippen molar-refractivity contribution >= 4 is 11.6 Å². The molecule has 1 amide bonds. The highest BCUT2D eigenvalue weighted by Crippen LogP contribution is 2.24. The Bertz CT molecular complexity index is 867. The van der Waals surface area contributed by atoms with Crippen LogP contribution in [0.1, 0.15) is 21.6 Å². The Balaban J connectivity index is 1.77. The van der Waals surface area contributed by atoms with Crippen LogP contribution in [0.5, 0.6) is 5.75 Å². The second-order valence-electron chi connectivity index (χ2n) is 5.58. The first-order valence-corrected chi connectivity index (χ1v) is 7.56. The maximum atomic E-state index is 12.3. The third-order valence-corrected chi connectivity index (χ3v) is 3.75. The van der Waals surface area contributed by atoms with Gasteiger partial charge in [-0.25, -0.2) is 0 Å². The number of aryl methyl sites for hydroxylation is 2. The van der Waals surface area contributed by atoms with Gasteiger partial charge in [-0.05, 0) is 49.7 Å². The van der Waals surface area contributed by atoms with E-state index in [1.54, 1.807) is 13.2 Å². The minimum atomic E-state index is -0.300. The quantitative estimate of drug-likeness (QED) is 0.781. The lowest BCUT2D eigenvalue weighted by atomic mass is 10.1. The van der Waals surface area contributed by atoms with Crippen molar-refractivity contribution in [2.24, 2.45) is 0 Å². The molecule has 3 aromatic rings. The smallest absolute Gasteiger partial charge is 0.277 e. The largest absolute Gasteiger partial charge is 0.497 e. The summed E-state index contributed by atoms with van der Waals surface area (Å²) >= 11 is 0. The van der Waals surface area contributed by atoms with Crippen molar-refractivity contribution in [3.05, 3.63) is 65.4 Å². The SMILES string of the molecule is COc1ccc(-c2cc(C(=O)Nc3ccc(C)cc3C)no2)cc1. The summed E-state index contributed by atoms with van der Waals surface area (Å²) in [5.74, 6) is 0.986. The Hall–Kier alpha value is -3.08. The molecule has 0 aliphatic heterocycles. The number of methoxy groups -OCH3 is 1. The normalized spacial score (nSPS) is 10.5. The molecule has 0 spiro atoms. The number of ether oxygens (including phenoxy) is 1. The summed E-state index contributed by atoms with van der Waals surface area (Å²) in [6.07, 6.45) is 0. The number of rotatable bonds is 4. The Morgan fingerprint density at radius 2 is 1.83 bits per heavy atom. The van der Waals surface area contributed by atoms with Gasteiger partial charge in [-0.1, -0.05) is 22.9 Å². The Morgan fingerprint density at radius 1 is 1.08 bits per heavy atom. The van der Waals surface area contributed by atoms with Crippen molar-refractivity contribution in [3.63, 3.8) is 0 Å². The highest BCUT2D eigenvalue weighted by Gasteiger charge is 2.14. The number of aromatic nitrogens is 1. The molecule has 1 heterocycles. The minimum Gasteiger partial charge on any atom is -0.497 e. The molecule has 0 aliphatic carbocycles. The standard InChI is InChI=1S/C19H18N2O3/c1-12-4-9-16(13(2)10-12)20-19(22)17-11-18(24-21-17)14-5-7-15(23-3)8-6-14/h4-11H,1-3H3,(H,20,22). The van der Waals surface area contributed by atoms with Crippen LogP contribution in [0.3, 0.4) is 0 Å². The van der Waals surface area contributed by atoms with Crippen LogP contribution in [0, 0.1) is 13.8 Å². The molecule has 0 atom stereocenters. The number of anilines is 1. The van der Waals surface area contributed by atoms with E-state index in [-0.39, 0.29) is 11.6 Å². The molecule has 1 N–H and O–H groups in total. The molecule has 0 radical (unpaired) electrons. The summed E-state index contributed by atoms with van der Waals surface area (Å²) in [6, 6.07) is 14.8. The monoisotopic (exact) mass is 322 g/mol. The topological polar surface area (TPSA) is 64.4 Å². The van der Waals surface area contributed by atoms with Gasteiger partial charge in [0.1, 0.15) is 5.75 Å². The molecule has 0 saturated carbocycles. The van der Waals surface area contributed by atoms with E-state index in [2.05, 4.69) is 10.5 Å². The van der Waals surface area contributed by atoms with E-state index in [4.69, 9.17) is 9.26 Å². The zero-order valence-corrected chi connectivity index (χ0v) is 13.8. The summed E-state index contributed by atoms with van der Waals surface area (Å²) < 4.78 is 10.4. The molecule has 24 heavy (non-hydrogen) atoms. The van der Waals surface area contributed by atoms with E-state index in [0.717, 1.165) is 28.1 Å².